The van der Waals surface area contributed by atoms with Crippen molar-refractivity contribution in [3.8, 4) is 0 Å². The van der Waals surface area contributed by atoms with Crippen LogP contribution in [0.5, 0.6) is 0 Å². The molecule has 0 heterocycles. The van der Waals surface area contributed by atoms with E-state index in [4.69, 9.17) is 13.9 Å². The standard InChI is InChI=1S/C21H29F3O4Si/c1-19(2,3)29(5,6)28-17-13-12-16(14-17)27-18(25)20(26-4,21(22,23)24)15-10-8-7-9-11-15/h7-13,16-17H,14H2,1-6H3/t16-,17-,20-/m0/s1. The molecule has 0 saturated heterocycles. The molecule has 0 spiro atoms. The van der Waals surface area contributed by atoms with Crippen LogP contribution in [0.25, 0.3) is 0 Å². The van der Waals surface area contributed by atoms with Crippen LogP contribution in [-0.2, 0) is 24.3 Å². The van der Waals surface area contributed by atoms with Gasteiger partial charge in [0.1, 0.15) is 6.10 Å². The molecule has 0 aliphatic heterocycles. The van der Waals surface area contributed by atoms with E-state index in [1.165, 1.54) is 24.3 Å². The van der Waals surface area contributed by atoms with E-state index in [2.05, 4.69) is 33.9 Å². The molecule has 0 aromatic heterocycles. The van der Waals surface area contributed by atoms with E-state index in [1.54, 1.807) is 18.2 Å². The van der Waals surface area contributed by atoms with Gasteiger partial charge in [-0.25, -0.2) is 4.79 Å². The molecule has 0 N–H and O–H groups in total. The number of benzene rings is 1. The third-order valence-electron chi connectivity index (χ3n) is 5.69. The van der Waals surface area contributed by atoms with Gasteiger partial charge in [0.25, 0.3) is 5.60 Å². The lowest BCUT2D eigenvalue weighted by Gasteiger charge is -2.38. The highest BCUT2D eigenvalue weighted by Gasteiger charge is 2.64. The summed E-state index contributed by atoms with van der Waals surface area (Å²) in [6.45, 7) is 10.5. The second-order valence-electron chi connectivity index (χ2n) is 8.73. The van der Waals surface area contributed by atoms with Crippen LogP contribution in [0.2, 0.25) is 18.1 Å². The summed E-state index contributed by atoms with van der Waals surface area (Å²) in [6.07, 6.45) is -2.48. The lowest BCUT2D eigenvalue weighted by molar-refractivity contribution is -0.277. The molecule has 1 aliphatic carbocycles. The highest BCUT2D eigenvalue weighted by atomic mass is 28.4. The van der Waals surface area contributed by atoms with E-state index in [9.17, 15) is 18.0 Å². The van der Waals surface area contributed by atoms with E-state index in [0.717, 1.165) is 7.11 Å². The normalized spacial score (nSPS) is 22.4. The van der Waals surface area contributed by atoms with Gasteiger partial charge in [0.2, 0.25) is 0 Å². The Morgan fingerprint density at radius 3 is 2.07 bits per heavy atom. The minimum atomic E-state index is -4.99. The van der Waals surface area contributed by atoms with Crippen LogP contribution in [0, 0.1) is 0 Å². The number of methoxy groups -OCH3 is 1. The number of hydrogen-bond acceptors (Lipinski definition) is 4. The zero-order chi connectivity index (χ0) is 22.1. The summed E-state index contributed by atoms with van der Waals surface area (Å²) in [5, 5.41) is -0.00952. The van der Waals surface area contributed by atoms with E-state index in [1.807, 2.05) is 0 Å². The molecular formula is C21H29F3O4Si. The molecule has 0 unspecified atom stereocenters. The first kappa shape index (κ1) is 23.6. The fourth-order valence-electron chi connectivity index (χ4n) is 2.97. The Morgan fingerprint density at radius 1 is 1.03 bits per heavy atom. The highest BCUT2D eigenvalue weighted by Crippen LogP contribution is 2.44. The maximum Gasteiger partial charge on any atom is 0.432 e. The molecule has 2 rings (SSSR count). The van der Waals surface area contributed by atoms with Crippen molar-refractivity contribution in [1.29, 1.82) is 0 Å². The van der Waals surface area contributed by atoms with E-state index >= 15 is 0 Å². The summed E-state index contributed by atoms with van der Waals surface area (Å²) in [6, 6.07) is 6.80. The lowest BCUT2D eigenvalue weighted by atomic mass is 9.92. The van der Waals surface area contributed by atoms with Gasteiger partial charge in [0, 0.05) is 19.1 Å². The average molecular weight is 431 g/mol. The predicted octanol–water partition coefficient (Wildman–Crippen LogP) is 5.35. The molecule has 29 heavy (non-hydrogen) atoms. The highest BCUT2D eigenvalue weighted by molar-refractivity contribution is 6.74. The number of halogens is 3. The molecule has 0 bridgehead atoms. The van der Waals surface area contributed by atoms with Crippen LogP contribution in [0.4, 0.5) is 13.2 Å². The van der Waals surface area contributed by atoms with Crippen molar-refractivity contribution in [3.05, 3.63) is 48.0 Å². The lowest BCUT2D eigenvalue weighted by Crippen LogP contribution is -2.52. The second-order valence-corrected chi connectivity index (χ2v) is 13.5. The number of ether oxygens (including phenoxy) is 2. The molecule has 0 saturated carbocycles. The molecule has 162 valence electrons. The molecule has 1 aliphatic rings. The third kappa shape index (κ3) is 4.75. The summed E-state index contributed by atoms with van der Waals surface area (Å²) in [5.41, 5.74) is -3.50. The molecule has 8 heteroatoms. The van der Waals surface area contributed by atoms with Crippen molar-refractivity contribution in [3.63, 3.8) is 0 Å². The monoisotopic (exact) mass is 430 g/mol. The molecule has 3 atom stereocenters. The van der Waals surface area contributed by atoms with Gasteiger partial charge in [0.15, 0.2) is 8.32 Å². The number of rotatable bonds is 6. The van der Waals surface area contributed by atoms with Crippen molar-refractivity contribution in [1.82, 2.24) is 0 Å². The van der Waals surface area contributed by atoms with Gasteiger partial charge in [0.05, 0.1) is 6.10 Å². The Kier molecular flexibility index (Phi) is 6.71. The molecule has 0 radical (unpaired) electrons. The van der Waals surface area contributed by atoms with Crippen LogP contribution < -0.4 is 0 Å². The summed E-state index contributed by atoms with van der Waals surface area (Å²) >= 11 is 0. The first-order valence-corrected chi connectivity index (χ1v) is 12.4. The van der Waals surface area contributed by atoms with Gasteiger partial charge in [-0.3, -0.25) is 0 Å². The van der Waals surface area contributed by atoms with Crippen LogP contribution in [-0.4, -0.2) is 39.8 Å². The van der Waals surface area contributed by atoms with E-state index in [0.29, 0.717) is 0 Å². The van der Waals surface area contributed by atoms with Crippen molar-refractivity contribution in [2.75, 3.05) is 7.11 Å². The maximum absolute atomic E-state index is 14.0. The van der Waals surface area contributed by atoms with Gasteiger partial charge in [-0.15, -0.1) is 0 Å². The van der Waals surface area contributed by atoms with Crippen LogP contribution in [0.3, 0.4) is 0 Å². The van der Waals surface area contributed by atoms with Crippen LogP contribution in [0.15, 0.2) is 42.5 Å². The maximum atomic E-state index is 14.0. The molecule has 4 nitrogen and oxygen atoms in total. The van der Waals surface area contributed by atoms with Crippen molar-refractivity contribution < 1.29 is 31.9 Å². The number of carbonyl (C=O) groups is 1. The molecular weight excluding hydrogens is 401 g/mol. The first-order valence-electron chi connectivity index (χ1n) is 9.49. The Hall–Kier alpha value is -1.64. The van der Waals surface area contributed by atoms with Crippen molar-refractivity contribution >= 4 is 14.3 Å². The first-order chi connectivity index (χ1) is 13.2. The summed E-state index contributed by atoms with van der Waals surface area (Å²) < 4.78 is 58.1. The Morgan fingerprint density at radius 2 is 1.59 bits per heavy atom. The summed E-state index contributed by atoms with van der Waals surface area (Å²) in [4.78, 5) is 12.7. The summed E-state index contributed by atoms with van der Waals surface area (Å²) in [7, 11) is -1.21. The Bertz CT molecular complexity index is 741. The van der Waals surface area contributed by atoms with E-state index < -0.39 is 32.2 Å². The summed E-state index contributed by atoms with van der Waals surface area (Å²) in [5.74, 6) is -1.48. The smallest absolute Gasteiger partial charge is 0.432 e. The molecule has 0 amide bonds. The van der Waals surface area contributed by atoms with Crippen molar-refractivity contribution in [2.24, 2.45) is 0 Å². The SMILES string of the molecule is CO[C@](C(=O)O[C@H]1C=C[C@H](O[Si](C)(C)C(C)(C)C)C1)(c1ccccc1)C(F)(F)F. The zero-order valence-electron chi connectivity index (χ0n) is 17.7. The van der Waals surface area contributed by atoms with Crippen LogP contribution >= 0.6 is 0 Å². The number of carbonyl (C=O) groups excluding carboxylic acids is 1. The minimum absolute atomic E-state index is 0.00952. The van der Waals surface area contributed by atoms with Gasteiger partial charge in [-0.2, -0.15) is 13.2 Å². The van der Waals surface area contributed by atoms with E-state index in [-0.39, 0.29) is 23.1 Å². The quantitative estimate of drug-likeness (QED) is 0.347. The van der Waals surface area contributed by atoms with Gasteiger partial charge in [-0.1, -0.05) is 57.2 Å². The number of alkyl halides is 3. The Labute approximate surface area is 171 Å². The molecule has 1 aromatic carbocycles. The zero-order valence-corrected chi connectivity index (χ0v) is 18.7. The fourth-order valence-corrected chi connectivity index (χ4v) is 4.26. The average Bonchev–Trinajstić information content (AvgIpc) is 3.00. The van der Waals surface area contributed by atoms with Gasteiger partial charge in [-0.05, 0) is 24.2 Å². The molecule has 1 aromatic rings. The largest absolute Gasteiger partial charge is 0.455 e. The fraction of sp³-hybridized carbons (Fsp3) is 0.571. The van der Waals surface area contributed by atoms with Crippen LogP contribution in [0.1, 0.15) is 32.8 Å². The third-order valence-corrected chi connectivity index (χ3v) is 10.2. The van der Waals surface area contributed by atoms with Gasteiger partial charge >= 0.3 is 12.1 Å². The molecule has 0 fully saturated rings. The number of esters is 1. The van der Waals surface area contributed by atoms with Crippen molar-refractivity contribution in [2.45, 2.75) is 69.3 Å². The van der Waals surface area contributed by atoms with Gasteiger partial charge < -0.3 is 13.9 Å². The second kappa shape index (κ2) is 8.24. The Balaban J connectivity index is 2.17. The number of hydrogen-bond donors (Lipinski definition) is 0. The predicted molar refractivity (Wildman–Crippen MR) is 107 cm³/mol. The topological polar surface area (TPSA) is 44.8 Å². The minimum Gasteiger partial charge on any atom is -0.455 e.